The molecule has 1 N–H and O–H groups in total. The minimum Gasteiger partial charge on any atom is -0.355 e. The van der Waals surface area contributed by atoms with Gasteiger partial charge < -0.3 is 15.1 Å². The van der Waals surface area contributed by atoms with Crippen molar-refractivity contribution in [2.75, 3.05) is 46.8 Å². The van der Waals surface area contributed by atoms with Crippen molar-refractivity contribution < 1.29 is 0 Å². The highest BCUT2D eigenvalue weighted by Crippen LogP contribution is 2.15. The summed E-state index contributed by atoms with van der Waals surface area (Å²) in [6.45, 7) is 9.95. The van der Waals surface area contributed by atoms with Gasteiger partial charge in [-0.05, 0) is 32.4 Å². The maximum absolute atomic E-state index is 4.37. The van der Waals surface area contributed by atoms with Gasteiger partial charge in [0.05, 0.1) is 0 Å². The topological polar surface area (TPSA) is 30.9 Å². The van der Waals surface area contributed by atoms with Gasteiger partial charge in [0.2, 0.25) is 0 Å². The number of hydrogen-bond donors (Lipinski definition) is 1. The minimum absolute atomic E-state index is 0.871. The van der Waals surface area contributed by atoms with Crippen LogP contribution in [0.1, 0.15) is 26.7 Å². The Balaban J connectivity index is 2.29. The zero-order chi connectivity index (χ0) is 12.7. The van der Waals surface area contributed by atoms with E-state index in [4.69, 9.17) is 0 Å². The van der Waals surface area contributed by atoms with E-state index in [0.717, 1.165) is 44.6 Å². The van der Waals surface area contributed by atoms with Gasteiger partial charge in [-0.25, -0.2) is 0 Å². The summed E-state index contributed by atoms with van der Waals surface area (Å²) in [6, 6.07) is 0. The SMILES string of the molecule is CCN(C)CCNC(=NC)N1CCC(C)CC1. The number of hydrogen-bond acceptors (Lipinski definition) is 2. The van der Waals surface area contributed by atoms with E-state index in [-0.39, 0.29) is 0 Å². The third-order valence-electron chi connectivity index (χ3n) is 3.61. The molecule has 0 atom stereocenters. The average Bonchev–Trinajstić information content (AvgIpc) is 2.35. The van der Waals surface area contributed by atoms with Crippen LogP contribution in [0.25, 0.3) is 0 Å². The van der Waals surface area contributed by atoms with Crippen LogP contribution in [0, 0.1) is 5.92 Å². The summed E-state index contributed by atoms with van der Waals surface area (Å²) >= 11 is 0. The maximum atomic E-state index is 4.37. The van der Waals surface area contributed by atoms with E-state index in [9.17, 15) is 0 Å². The molecule has 4 heteroatoms. The van der Waals surface area contributed by atoms with Crippen molar-refractivity contribution in [2.45, 2.75) is 26.7 Å². The molecule has 0 saturated carbocycles. The van der Waals surface area contributed by atoms with E-state index in [0.29, 0.717) is 0 Å². The first-order valence-electron chi connectivity index (χ1n) is 6.81. The van der Waals surface area contributed by atoms with Crippen LogP contribution in [0.5, 0.6) is 0 Å². The molecular formula is C13H28N4. The van der Waals surface area contributed by atoms with Crippen LogP contribution < -0.4 is 5.32 Å². The molecule has 1 aliphatic rings. The van der Waals surface area contributed by atoms with Crippen LogP contribution in [-0.4, -0.2) is 62.6 Å². The summed E-state index contributed by atoms with van der Waals surface area (Å²) in [5, 5.41) is 3.45. The molecule has 17 heavy (non-hydrogen) atoms. The Bertz CT molecular complexity index is 232. The fourth-order valence-electron chi connectivity index (χ4n) is 2.07. The lowest BCUT2D eigenvalue weighted by Gasteiger charge is -2.33. The van der Waals surface area contributed by atoms with Crippen LogP contribution in [0.2, 0.25) is 0 Å². The molecule has 4 nitrogen and oxygen atoms in total. The quantitative estimate of drug-likeness (QED) is 0.592. The van der Waals surface area contributed by atoms with E-state index in [2.05, 4.69) is 41.0 Å². The molecule has 1 heterocycles. The maximum Gasteiger partial charge on any atom is 0.193 e. The van der Waals surface area contributed by atoms with Gasteiger partial charge >= 0.3 is 0 Å². The predicted octanol–water partition coefficient (Wildman–Crippen LogP) is 1.25. The molecule has 0 radical (unpaired) electrons. The Morgan fingerprint density at radius 3 is 2.59 bits per heavy atom. The van der Waals surface area contributed by atoms with Crippen LogP contribution >= 0.6 is 0 Å². The number of likely N-dealkylation sites (tertiary alicyclic amines) is 1. The largest absolute Gasteiger partial charge is 0.355 e. The third kappa shape index (κ3) is 4.94. The number of guanidine groups is 1. The molecule has 1 aliphatic heterocycles. The lowest BCUT2D eigenvalue weighted by atomic mass is 10.00. The number of rotatable bonds is 4. The number of aliphatic imine (C=N–C) groups is 1. The first-order chi connectivity index (χ1) is 8.17. The van der Waals surface area contributed by atoms with E-state index in [1.165, 1.54) is 12.8 Å². The molecule has 1 rings (SSSR count). The molecule has 0 aromatic rings. The number of nitrogens with zero attached hydrogens (tertiary/aromatic N) is 3. The van der Waals surface area contributed by atoms with Crippen LogP contribution in [0.15, 0.2) is 4.99 Å². The van der Waals surface area contributed by atoms with Gasteiger partial charge in [-0.3, -0.25) is 4.99 Å². The van der Waals surface area contributed by atoms with Gasteiger partial charge in [-0.15, -0.1) is 0 Å². The molecule has 0 unspecified atom stereocenters. The van der Waals surface area contributed by atoms with Gasteiger partial charge in [-0.1, -0.05) is 13.8 Å². The third-order valence-corrected chi connectivity index (χ3v) is 3.61. The van der Waals surface area contributed by atoms with Gasteiger partial charge in [-0.2, -0.15) is 0 Å². The van der Waals surface area contributed by atoms with Crippen molar-refractivity contribution in [3.05, 3.63) is 0 Å². The van der Waals surface area contributed by atoms with Crippen molar-refractivity contribution in [1.82, 2.24) is 15.1 Å². The second kappa shape index (κ2) is 7.54. The normalized spacial score (nSPS) is 18.9. The van der Waals surface area contributed by atoms with Crippen molar-refractivity contribution in [1.29, 1.82) is 0 Å². The van der Waals surface area contributed by atoms with Crippen LogP contribution in [0.3, 0.4) is 0 Å². The molecule has 0 aliphatic carbocycles. The summed E-state index contributed by atoms with van der Waals surface area (Å²) < 4.78 is 0. The molecule has 0 spiro atoms. The Hall–Kier alpha value is -0.770. The molecule has 0 aromatic heterocycles. The number of likely N-dealkylation sites (N-methyl/N-ethyl adjacent to an activating group) is 1. The molecule has 100 valence electrons. The standard InChI is InChI=1S/C13H28N4/c1-5-16(4)11-8-15-13(14-3)17-9-6-12(2)7-10-17/h12H,5-11H2,1-4H3,(H,14,15). The monoisotopic (exact) mass is 240 g/mol. The second-order valence-electron chi connectivity index (χ2n) is 5.04. The van der Waals surface area contributed by atoms with E-state index >= 15 is 0 Å². The van der Waals surface area contributed by atoms with Crippen LogP contribution in [-0.2, 0) is 0 Å². The number of piperidine rings is 1. The van der Waals surface area contributed by atoms with Crippen molar-refractivity contribution >= 4 is 5.96 Å². The fourth-order valence-corrected chi connectivity index (χ4v) is 2.07. The molecule has 0 aromatic carbocycles. The van der Waals surface area contributed by atoms with Crippen molar-refractivity contribution in [3.8, 4) is 0 Å². The Labute approximate surface area is 106 Å². The zero-order valence-electron chi connectivity index (χ0n) is 11.9. The molecule has 1 saturated heterocycles. The molecule has 1 fully saturated rings. The second-order valence-corrected chi connectivity index (χ2v) is 5.04. The predicted molar refractivity (Wildman–Crippen MR) is 74.5 cm³/mol. The van der Waals surface area contributed by atoms with Crippen LogP contribution in [0.4, 0.5) is 0 Å². The molecular weight excluding hydrogens is 212 g/mol. The summed E-state index contributed by atoms with van der Waals surface area (Å²) in [5.41, 5.74) is 0. The number of nitrogens with one attached hydrogen (secondary N) is 1. The van der Waals surface area contributed by atoms with Gasteiger partial charge in [0.15, 0.2) is 5.96 Å². The first-order valence-corrected chi connectivity index (χ1v) is 6.81. The molecule has 0 bridgehead atoms. The van der Waals surface area contributed by atoms with Gasteiger partial charge in [0.25, 0.3) is 0 Å². The average molecular weight is 240 g/mol. The summed E-state index contributed by atoms with van der Waals surface area (Å²) in [4.78, 5) is 9.06. The zero-order valence-corrected chi connectivity index (χ0v) is 11.9. The van der Waals surface area contributed by atoms with Crippen molar-refractivity contribution in [2.24, 2.45) is 10.9 Å². The smallest absolute Gasteiger partial charge is 0.193 e. The fraction of sp³-hybridized carbons (Fsp3) is 0.923. The van der Waals surface area contributed by atoms with Gasteiger partial charge in [0.1, 0.15) is 0 Å². The highest BCUT2D eigenvalue weighted by molar-refractivity contribution is 5.79. The summed E-state index contributed by atoms with van der Waals surface area (Å²) in [6.07, 6.45) is 2.57. The van der Waals surface area contributed by atoms with Gasteiger partial charge in [0, 0.05) is 33.2 Å². The Morgan fingerprint density at radius 1 is 1.41 bits per heavy atom. The highest BCUT2D eigenvalue weighted by Gasteiger charge is 2.18. The molecule has 0 amide bonds. The Kier molecular flexibility index (Phi) is 6.34. The highest BCUT2D eigenvalue weighted by atomic mass is 15.3. The lowest BCUT2D eigenvalue weighted by Crippen LogP contribution is -2.47. The van der Waals surface area contributed by atoms with E-state index < -0.39 is 0 Å². The minimum atomic E-state index is 0.871. The lowest BCUT2D eigenvalue weighted by molar-refractivity contribution is 0.271. The summed E-state index contributed by atoms with van der Waals surface area (Å²) in [5.74, 6) is 1.94. The van der Waals surface area contributed by atoms with E-state index in [1.807, 2.05) is 7.05 Å². The summed E-state index contributed by atoms with van der Waals surface area (Å²) in [7, 11) is 4.02. The Morgan fingerprint density at radius 2 is 2.06 bits per heavy atom. The first kappa shape index (κ1) is 14.3. The van der Waals surface area contributed by atoms with Crippen molar-refractivity contribution in [3.63, 3.8) is 0 Å². The van der Waals surface area contributed by atoms with E-state index in [1.54, 1.807) is 0 Å².